The molecule has 1 N–H and O–H groups in total. The van der Waals surface area contributed by atoms with E-state index in [0.29, 0.717) is 13.1 Å². The van der Waals surface area contributed by atoms with Crippen molar-refractivity contribution in [3.63, 3.8) is 0 Å². The Morgan fingerprint density at radius 1 is 1.17 bits per heavy atom. The minimum Gasteiger partial charge on any atom is -0.377 e. The van der Waals surface area contributed by atoms with Crippen molar-refractivity contribution in [3.8, 4) is 0 Å². The summed E-state index contributed by atoms with van der Waals surface area (Å²) < 4.78 is 5.81. The van der Waals surface area contributed by atoms with E-state index in [-0.39, 0.29) is 23.8 Å². The maximum Gasteiger partial charge on any atom is 0.228 e. The highest BCUT2D eigenvalue weighted by atomic mass is 16.5. The highest BCUT2D eigenvalue weighted by molar-refractivity contribution is 5.94. The lowest BCUT2D eigenvalue weighted by atomic mass is 9.94. The lowest BCUT2D eigenvalue weighted by Crippen LogP contribution is -2.43. The first kappa shape index (κ1) is 21.6. The van der Waals surface area contributed by atoms with Crippen molar-refractivity contribution in [2.75, 3.05) is 37.5 Å². The molecule has 0 bridgehead atoms. The third-order valence-corrected chi connectivity index (χ3v) is 5.52. The number of anilines is 2. The van der Waals surface area contributed by atoms with E-state index in [4.69, 9.17) is 4.74 Å². The van der Waals surface area contributed by atoms with Crippen LogP contribution < -0.4 is 10.2 Å². The third-order valence-electron chi connectivity index (χ3n) is 5.52. The van der Waals surface area contributed by atoms with Gasteiger partial charge >= 0.3 is 0 Å². The summed E-state index contributed by atoms with van der Waals surface area (Å²) in [4.78, 5) is 29.4. The van der Waals surface area contributed by atoms with Gasteiger partial charge in [0.25, 0.3) is 0 Å². The molecule has 2 aliphatic rings. The van der Waals surface area contributed by atoms with E-state index in [9.17, 15) is 9.59 Å². The van der Waals surface area contributed by atoms with Crippen molar-refractivity contribution in [2.24, 2.45) is 11.3 Å². The van der Waals surface area contributed by atoms with E-state index in [1.807, 2.05) is 62.9 Å². The minimum absolute atomic E-state index is 0.0931. The number of rotatable bonds is 7. The first-order valence-electron chi connectivity index (χ1n) is 10.7. The third kappa shape index (κ3) is 5.72. The van der Waals surface area contributed by atoms with Gasteiger partial charge in [-0.2, -0.15) is 0 Å². The summed E-state index contributed by atoms with van der Waals surface area (Å²) in [6.07, 6.45) is 4.09. The van der Waals surface area contributed by atoms with Crippen LogP contribution in [0, 0.1) is 11.3 Å². The number of amides is 2. The molecule has 6 heteroatoms. The molecule has 0 aromatic heterocycles. The van der Waals surface area contributed by atoms with Crippen LogP contribution in [-0.4, -0.2) is 50.1 Å². The summed E-state index contributed by atoms with van der Waals surface area (Å²) in [6.45, 7) is 7.73. The number of nitrogens with one attached hydrogen (secondary N) is 1. The fourth-order valence-electron chi connectivity index (χ4n) is 3.75. The Balaban J connectivity index is 1.84. The van der Waals surface area contributed by atoms with Crippen LogP contribution in [0.15, 0.2) is 18.2 Å². The smallest absolute Gasteiger partial charge is 0.228 e. The summed E-state index contributed by atoms with van der Waals surface area (Å²) in [5, 5.41) is 3.03. The molecule has 1 aliphatic heterocycles. The molecule has 1 saturated heterocycles. The van der Waals surface area contributed by atoms with Gasteiger partial charge in [0.05, 0.1) is 6.10 Å². The second-order valence-corrected chi connectivity index (χ2v) is 9.57. The predicted molar refractivity (Wildman–Crippen MR) is 116 cm³/mol. The molecular weight excluding hydrogens is 366 g/mol. The molecule has 2 amide bonds. The van der Waals surface area contributed by atoms with E-state index in [1.165, 1.54) is 0 Å². The summed E-state index contributed by atoms with van der Waals surface area (Å²) in [5.74, 6) is 0.367. The Morgan fingerprint density at radius 2 is 1.90 bits per heavy atom. The van der Waals surface area contributed by atoms with Crippen LogP contribution in [0.3, 0.4) is 0 Å². The molecule has 29 heavy (non-hydrogen) atoms. The molecule has 1 saturated carbocycles. The average Bonchev–Trinajstić information content (AvgIpc) is 3.37. The van der Waals surface area contributed by atoms with Crippen molar-refractivity contribution in [1.82, 2.24) is 4.90 Å². The van der Waals surface area contributed by atoms with Gasteiger partial charge in [-0.15, -0.1) is 0 Å². The molecule has 3 rings (SSSR count). The lowest BCUT2D eigenvalue weighted by molar-refractivity contribution is -0.141. The minimum atomic E-state index is -0.464. The topological polar surface area (TPSA) is 61.9 Å². The Hall–Kier alpha value is -2.08. The Kier molecular flexibility index (Phi) is 6.52. The van der Waals surface area contributed by atoms with E-state index in [1.54, 1.807) is 0 Å². The largest absolute Gasteiger partial charge is 0.377 e. The second-order valence-electron chi connectivity index (χ2n) is 9.57. The molecule has 1 aliphatic carbocycles. The van der Waals surface area contributed by atoms with Crippen molar-refractivity contribution < 1.29 is 14.3 Å². The molecule has 0 radical (unpaired) electrons. The number of nitrogens with zero attached hydrogens (tertiary/aromatic N) is 2. The lowest BCUT2D eigenvalue weighted by Gasteiger charge is -2.32. The van der Waals surface area contributed by atoms with Gasteiger partial charge in [-0.05, 0) is 49.4 Å². The highest BCUT2D eigenvalue weighted by Gasteiger charge is 2.32. The van der Waals surface area contributed by atoms with Crippen LogP contribution in [0.5, 0.6) is 0 Å². The van der Waals surface area contributed by atoms with Crippen LogP contribution >= 0.6 is 0 Å². The SMILES string of the molecule is CN(C)c1ccc(NC(=O)C2CC2)cc1CN(C[C@H]1CCCO1)C(=O)C(C)(C)C. The molecule has 1 aromatic carbocycles. The van der Waals surface area contributed by atoms with Crippen molar-refractivity contribution in [2.45, 2.75) is 59.1 Å². The van der Waals surface area contributed by atoms with Gasteiger partial charge in [-0.1, -0.05) is 20.8 Å². The zero-order valence-electron chi connectivity index (χ0n) is 18.5. The van der Waals surface area contributed by atoms with E-state index >= 15 is 0 Å². The van der Waals surface area contributed by atoms with Gasteiger partial charge in [-0.3, -0.25) is 9.59 Å². The van der Waals surface area contributed by atoms with E-state index in [0.717, 1.165) is 49.2 Å². The van der Waals surface area contributed by atoms with Gasteiger partial charge in [0, 0.05) is 56.5 Å². The van der Waals surface area contributed by atoms with Gasteiger partial charge in [0.2, 0.25) is 11.8 Å². The fourth-order valence-corrected chi connectivity index (χ4v) is 3.75. The van der Waals surface area contributed by atoms with Gasteiger partial charge in [0.15, 0.2) is 0 Å². The van der Waals surface area contributed by atoms with Crippen LogP contribution in [0.2, 0.25) is 0 Å². The number of carbonyl (C=O) groups is 2. The second kappa shape index (κ2) is 8.74. The zero-order chi connectivity index (χ0) is 21.2. The molecule has 1 atom stereocenters. The van der Waals surface area contributed by atoms with Gasteiger partial charge < -0.3 is 19.9 Å². The highest BCUT2D eigenvalue weighted by Crippen LogP contribution is 2.32. The average molecular weight is 402 g/mol. The van der Waals surface area contributed by atoms with Crippen molar-refractivity contribution in [3.05, 3.63) is 23.8 Å². The maximum absolute atomic E-state index is 13.2. The standard InChI is InChI=1S/C23H35N3O3/c1-23(2,3)22(28)26(15-19-7-6-12-29-19)14-17-13-18(10-11-20(17)25(4)5)24-21(27)16-8-9-16/h10-11,13,16,19H,6-9,12,14-15H2,1-5H3,(H,24,27)/t19-/m1/s1. The van der Waals surface area contributed by atoms with Crippen molar-refractivity contribution >= 4 is 23.2 Å². The Morgan fingerprint density at radius 3 is 2.45 bits per heavy atom. The van der Waals surface area contributed by atoms with E-state index < -0.39 is 5.41 Å². The quantitative estimate of drug-likeness (QED) is 0.757. The molecule has 0 unspecified atom stereocenters. The van der Waals surface area contributed by atoms with Crippen LogP contribution in [0.25, 0.3) is 0 Å². The number of carbonyl (C=O) groups excluding carboxylic acids is 2. The first-order valence-corrected chi connectivity index (χ1v) is 10.7. The fraction of sp³-hybridized carbons (Fsp3) is 0.652. The predicted octanol–water partition coefficient (Wildman–Crippen LogP) is 3.65. The molecule has 1 aromatic rings. The number of ether oxygens (including phenoxy) is 1. The summed E-state index contributed by atoms with van der Waals surface area (Å²) in [7, 11) is 3.99. The van der Waals surface area contributed by atoms with Crippen LogP contribution in [0.4, 0.5) is 11.4 Å². The molecule has 160 valence electrons. The van der Waals surface area contributed by atoms with Crippen LogP contribution in [0.1, 0.15) is 52.0 Å². The zero-order valence-corrected chi connectivity index (χ0v) is 18.5. The van der Waals surface area contributed by atoms with Gasteiger partial charge in [-0.25, -0.2) is 0 Å². The Bertz CT molecular complexity index is 744. The Labute approximate surface area is 174 Å². The molecule has 6 nitrogen and oxygen atoms in total. The van der Waals surface area contributed by atoms with Crippen LogP contribution in [-0.2, 0) is 20.9 Å². The first-order chi connectivity index (χ1) is 13.6. The molecular formula is C23H35N3O3. The van der Waals surface area contributed by atoms with Crippen molar-refractivity contribution in [1.29, 1.82) is 0 Å². The summed E-state index contributed by atoms with van der Waals surface area (Å²) in [5.41, 5.74) is 2.41. The number of hydrogen-bond donors (Lipinski definition) is 1. The monoisotopic (exact) mass is 401 g/mol. The summed E-state index contributed by atoms with van der Waals surface area (Å²) in [6, 6.07) is 5.97. The normalized spacial score (nSPS) is 19.1. The summed E-state index contributed by atoms with van der Waals surface area (Å²) >= 11 is 0. The number of benzene rings is 1. The number of hydrogen-bond acceptors (Lipinski definition) is 4. The molecule has 0 spiro atoms. The molecule has 2 fully saturated rings. The molecule has 1 heterocycles. The maximum atomic E-state index is 13.2. The van der Waals surface area contributed by atoms with E-state index in [2.05, 4.69) is 5.32 Å². The van der Waals surface area contributed by atoms with Gasteiger partial charge in [0.1, 0.15) is 0 Å².